The molecule has 128 valence electrons. The Balaban J connectivity index is 1.55. The number of nitrogens with zero attached hydrogens (tertiary/aromatic N) is 2. The Kier molecular flexibility index (Phi) is 5.46. The second-order valence-electron chi connectivity index (χ2n) is 5.55. The Morgan fingerprint density at radius 1 is 1.24 bits per heavy atom. The molecule has 2 heterocycles. The third-order valence-corrected chi connectivity index (χ3v) is 3.70. The highest BCUT2D eigenvalue weighted by atomic mass is 16.5. The fourth-order valence-electron chi connectivity index (χ4n) is 2.54. The fourth-order valence-corrected chi connectivity index (χ4v) is 2.54. The van der Waals surface area contributed by atoms with E-state index in [0.717, 1.165) is 22.7 Å². The number of hydrogen-bond donors (Lipinski definition) is 1. The summed E-state index contributed by atoms with van der Waals surface area (Å²) < 4.78 is 7.53. The molecule has 0 saturated carbocycles. The van der Waals surface area contributed by atoms with Crippen molar-refractivity contribution in [3.05, 3.63) is 72.2 Å². The van der Waals surface area contributed by atoms with Crippen molar-refractivity contribution in [1.82, 2.24) is 14.7 Å². The van der Waals surface area contributed by atoms with Crippen molar-refractivity contribution in [2.75, 3.05) is 13.2 Å². The Labute approximate surface area is 147 Å². The van der Waals surface area contributed by atoms with Crippen LogP contribution in [-0.4, -0.2) is 28.4 Å². The zero-order chi connectivity index (χ0) is 17.5. The Hall–Kier alpha value is -3.08. The van der Waals surface area contributed by atoms with Crippen LogP contribution in [0.25, 0.3) is 11.7 Å². The van der Waals surface area contributed by atoms with E-state index in [0.29, 0.717) is 19.6 Å². The summed E-state index contributed by atoms with van der Waals surface area (Å²) in [6.07, 6.45) is 7.92. The van der Waals surface area contributed by atoms with Gasteiger partial charge >= 0.3 is 0 Å². The molecule has 1 amide bonds. The lowest BCUT2D eigenvalue weighted by Gasteiger charge is -2.03. The number of rotatable bonds is 7. The molecule has 0 aliphatic heterocycles. The SMILES string of the molecule is CCOc1cccn2cc(CCNC(=O)/C=C/c3ccccc3)nc12. The Morgan fingerprint density at radius 3 is 2.88 bits per heavy atom. The van der Waals surface area contributed by atoms with Gasteiger partial charge in [0.15, 0.2) is 11.4 Å². The summed E-state index contributed by atoms with van der Waals surface area (Å²) in [6.45, 7) is 3.09. The van der Waals surface area contributed by atoms with Crippen LogP contribution in [0.3, 0.4) is 0 Å². The average molecular weight is 335 g/mol. The van der Waals surface area contributed by atoms with Crippen molar-refractivity contribution >= 4 is 17.6 Å². The summed E-state index contributed by atoms with van der Waals surface area (Å²) in [4.78, 5) is 16.5. The molecule has 0 aliphatic rings. The normalized spacial score (nSPS) is 11.1. The standard InChI is InChI=1S/C20H21N3O2/c1-2-25-18-9-6-14-23-15-17(22-20(18)23)12-13-21-19(24)11-10-16-7-4-3-5-8-16/h3-11,14-15H,2,12-13H2,1H3,(H,21,24)/b11-10+. The van der Waals surface area contributed by atoms with Crippen molar-refractivity contribution in [3.8, 4) is 5.75 Å². The van der Waals surface area contributed by atoms with Gasteiger partial charge in [-0.2, -0.15) is 0 Å². The van der Waals surface area contributed by atoms with Gasteiger partial charge in [-0.15, -0.1) is 0 Å². The van der Waals surface area contributed by atoms with E-state index >= 15 is 0 Å². The number of amides is 1. The molecule has 0 bridgehead atoms. The third kappa shape index (κ3) is 4.47. The first-order valence-corrected chi connectivity index (χ1v) is 8.36. The molecule has 0 atom stereocenters. The van der Waals surface area contributed by atoms with Gasteiger partial charge < -0.3 is 14.5 Å². The number of pyridine rings is 1. The van der Waals surface area contributed by atoms with E-state index in [4.69, 9.17) is 4.74 Å². The van der Waals surface area contributed by atoms with Crippen LogP contribution < -0.4 is 10.1 Å². The van der Waals surface area contributed by atoms with E-state index in [-0.39, 0.29) is 5.91 Å². The molecular weight excluding hydrogens is 314 g/mol. The minimum absolute atomic E-state index is 0.109. The van der Waals surface area contributed by atoms with Gasteiger partial charge in [0.25, 0.3) is 0 Å². The van der Waals surface area contributed by atoms with Crippen molar-refractivity contribution < 1.29 is 9.53 Å². The predicted molar refractivity (Wildman–Crippen MR) is 98.6 cm³/mol. The number of carbonyl (C=O) groups is 1. The van der Waals surface area contributed by atoms with Gasteiger partial charge in [-0.25, -0.2) is 4.98 Å². The van der Waals surface area contributed by atoms with Gasteiger partial charge in [-0.1, -0.05) is 30.3 Å². The maximum absolute atomic E-state index is 11.9. The maximum atomic E-state index is 11.9. The van der Waals surface area contributed by atoms with Crippen LogP contribution in [0.4, 0.5) is 0 Å². The molecule has 1 aromatic carbocycles. The number of nitrogens with one attached hydrogen (secondary N) is 1. The fraction of sp³-hybridized carbons (Fsp3) is 0.200. The molecular formula is C20H21N3O2. The predicted octanol–water partition coefficient (Wildman–Crippen LogP) is 3.11. The molecule has 0 unspecified atom stereocenters. The number of imidazole rings is 1. The molecule has 0 aliphatic carbocycles. The van der Waals surface area contributed by atoms with E-state index < -0.39 is 0 Å². The molecule has 0 spiro atoms. The van der Waals surface area contributed by atoms with Crippen molar-refractivity contribution in [1.29, 1.82) is 0 Å². The van der Waals surface area contributed by atoms with Crippen molar-refractivity contribution in [2.24, 2.45) is 0 Å². The molecule has 25 heavy (non-hydrogen) atoms. The summed E-state index contributed by atoms with van der Waals surface area (Å²) in [6, 6.07) is 13.6. The summed E-state index contributed by atoms with van der Waals surface area (Å²) >= 11 is 0. The maximum Gasteiger partial charge on any atom is 0.244 e. The molecule has 5 heteroatoms. The highest BCUT2D eigenvalue weighted by Gasteiger charge is 2.07. The molecule has 0 saturated heterocycles. The van der Waals surface area contributed by atoms with E-state index in [1.165, 1.54) is 0 Å². The lowest BCUT2D eigenvalue weighted by molar-refractivity contribution is -0.116. The van der Waals surface area contributed by atoms with Gasteiger partial charge in [0, 0.05) is 31.4 Å². The van der Waals surface area contributed by atoms with Crippen LogP contribution in [0.15, 0.2) is 60.9 Å². The first kappa shape index (κ1) is 16.8. The first-order chi connectivity index (χ1) is 12.3. The lowest BCUT2D eigenvalue weighted by Crippen LogP contribution is -2.23. The Bertz CT molecular complexity index is 869. The number of ether oxygens (including phenoxy) is 1. The summed E-state index contributed by atoms with van der Waals surface area (Å²) in [5.41, 5.74) is 2.72. The second kappa shape index (κ2) is 8.15. The number of hydrogen-bond acceptors (Lipinski definition) is 3. The minimum atomic E-state index is -0.109. The number of aromatic nitrogens is 2. The Morgan fingerprint density at radius 2 is 2.08 bits per heavy atom. The van der Waals surface area contributed by atoms with Crippen LogP contribution in [0.2, 0.25) is 0 Å². The topological polar surface area (TPSA) is 55.6 Å². The van der Waals surface area contributed by atoms with Crippen LogP contribution in [0.5, 0.6) is 5.75 Å². The van der Waals surface area contributed by atoms with Gasteiger partial charge in [-0.05, 0) is 30.7 Å². The zero-order valence-electron chi connectivity index (χ0n) is 14.2. The quantitative estimate of drug-likeness (QED) is 0.675. The molecule has 3 rings (SSSR count). The first-order valence-electron chi connectivity index (χ1n) is 8.36. The number of benzene rings is 1. The highest BCUT2D eigenvalue weighted by Crippen LogP contribution is 2.18. The average Bonchev–Trinajstić information content (AvgIpc) is 3.05. The highest BCUT2D eigenvalue weighted by molar-refractivity contribution is 5.91. The largest absolute Gasteiger partial charge is 0.490 e. The number of carbonyl (C=O) groups excluding carboxylic acids is 1. The molecule has 0 radical (unpaired) electrons. The van der Waals surface area contributed by atoms with E-state index in [1.807, 2.05) is 66.2 Å². The van der Waals surface area contributed by atoms with E-state index in [9.17, 15) is 4.79 Å². The van der Waals surface area contributed by atoms with Gasteiger partial charge in [0.1, 0.15) is 0 Å². The third-order valence-electron chi connectivity index (χ3n) is 3.70. The summed E-state index contributed by atoms with van der Waals surface area (Å²) in [7, 11) is 0. The van der Waals surface area contributed by atoms with Crippen molar-refractivity contribution in [2.45, 2.75) is 13.3 Å². The van der Waals surface area contributed by atoms with Crippen LogP contribution >= 0.6 is 0 Å². The zero-order valence-corrected chi connectivity index (χ0v) is 14.2. The van der Waals surface area contributed by atoms with E-state index in [1.54, 1.807) is 12.2 Å². The molecule has 2 aromatic heterocycles. The molecule has 3 aromatic rings. The monoisotopic (exact) mass is 335 g/mol. The van der Waals surface area contributed by atoms with Crippen LogP contribution in [-0.2, 0) is 11.2 Å². The van der Waals surface area contributed by atoms with Gasteiger partial charge in [0.05, 0.1) is 12.3 Å². The molecule has 0 fully saturated rings. The summed E-state index contributed by atoms with van der Waals surface area (Å²) in [5, 5.41) is 2.88. The van der Waals surface area contributed by atoms with E-state index in [2.05, 4.69) is 10.3 Å². The van der Waals surface area contributed by atoms with Gasteiger partial charge in [-0.3, -0.25) is 4.79 Å². The molecule has 5 nitrogen and oxygen atoms in total. The smallest absolute Gasteiger partial charge is 0.244 e. The molecule has 1 N–H and O–H groups in total. The summed E-state index contributed by atoms with van der Waals surface area (Å²) in [5.74, 6) is 0.661. The second-order valence-corrected chi connectivity index (χ2v) is 5.55. The van der Waals surface area contributed by atoms with Gasteiger partial charge in [0.2, 0.25) is 5.91 Å². The number of fused-ring (bicyclic) bond motifs is 1. The minimum Gasteiger partial charge on any atom is -0.490 e. The van der Waals surface area contributed by atoms with Crippen LogP contribution in [0, 0.1) is 0 Å². The lowest BCUT2D eigenvalue weighted by atomic mass is 10.2. The van der Waals surface area contributed by atoms with Crippen molar-refractivity contribution in [3.63, 3.8) is 0 Å². The van der Waals surface area contributed by atoms with Crippen LogP contribution in [0.1, 0.15) is 18.2 Å².